The van der Waals surface area contributed by atoms with Gasteiger partial charge in [0.05, 0.1) is 7.11 Å². The standard InChI is InChI=1S/C13H15NO3/c1-9(15)14-13(12(16)17-2)8-11(13)10-6-4-3-5-7-10/h3-7,11H,8H2,1-2H3,(H,14,15)/t11-,13+/m0/s1. The highest BCUT2D eigenvalue weighted by Gasteiger charge is 2.62. The number of carbonyl (C=O) groups excluding carboxylic acids is 2. The van der Waals surface area contributed by atoms with E-state index in [1.54, 1.807) is 0 Å². The minimum Gasteiger partial charge on any atom is -0.467 e. The summed E-state index contributed by atoms with van der Waals surface area (Å²) in [5, 5.41) is 2.72. The third kappa shape index (κ3) is 2.02. The van der Waals surface area contributed by atoms with Crippen LogP contribution in [0.2, 0.25) is 0 Å². The summed E-state index contributed by atoms with van der Waals surface area (Å²) in [6, 6.07) is 9.67. The molecule has 0 saturated heterocycles. The van der Waals surface area contributed by atoms with Crippen molar-refractivity contribution in [1.82, 2.24) is 5.32 Å². The van der Waals surface area contributed by atoms with E-state index >= 15 is 0 Å². The van der Waals surface area contributed by atoms with Gasteiger partial charge in [-0.25, -0.2) is 4.79 Å². The van der Waals surface area contributed by atoms with Crippen LogP contribution in [0.15, 0.2) is 30.3 Å². The van der Waals surface area contributed by atoms with Crippen LogP contribution in [-0.4, -0.2) is 24.5 Å². The van der Waals surface area contributed by atoms with Crippen LogP contribution in [0.1, 0.15) is 24.8 Å². The summed E-state index contributed by atoms with van der Waals surface area (Å²) in [6.45, 7) is 1.41. The predicted octanol–water partition coefficient (Wildman–Crippen LogP) is 1.22. The number of methoxy groups -OCH3 is 1. The Morgan fingerprint density at radius 3 is 2.53 bits per heavy atom. The number of ether oxygens (including phenoxy) is 1. The first kappa shape index (κ1) is 11.6. The van der Waals surface area contributed by atoms with Gasteiger partial charge in [-0.15, -0.1) is 0 Å². The lowest BCUT2D eigenvalue weighted by molar-refractivity contribution is -0.146. The molecule has 1 aliphatic rings. The van der Waals surface area contributed by atoms with E-state index in [2.05, 4.69) is 5.32 Å². The van der Waals surface area contributed by atoms with Gasteiger partial charge in [0.25, 0.3) is 0 Å². The van der Waals surface area contributed by atoms with Crippen molar-refractivity contribution >= 4 is 11.9 Å². The van der Waals surface area contributed by atoms with E-state index in [9.17, 15) is 9.59 Å². The van der Waals surface area contributed by atoms with Crippen molar-refractivity contribution < 1.29 is 14.3 Å². The Morgan fingerprint density at radius 2 is 2.00 bits per heavy atom. The molecule has 1 saturated carbocycles. The molecule has 0 aliphatic heterocycles. The predicted molar refractivity (Wildman–Crippen MR) is 62.4 cm³/mol. The van der Waals surface area contributed by atoms with E-state index in [-0.39, 0.29) is 17.8 Å². The smallest absolute Gasteiger partial charge is 0.332 e. The molecule has 0 bridgehead atoms. The molecule has 1 aromatic rings. The second-order valence-electron chi connectivity index (χ2n) is 4.31. The first-order valence-electron chi connectivity index (χ1n) is 5.52. The molecule has 1 N–H and O–H groups in total. The van der Waals surface area contributed by atoms with Crippen molar-refractivity contribution in [2.45, 2.75) is 24.8 Å². The molecule has 1 fully saturated rings. The van der Waals surface area contributed by atoms with Crippen molar-refractivity contribution in [3.8, 4) is 0 Å². The molecule has 2 atom stereocenters. The van der Waals surface area contributed by atoms with Crippen molar-refractivity contribution in [2.75, 3.05) is 7.11 Å². The Bertz CT molecular complexity index is 443. The normalized spacial score (nSPS) is 26.1. The van der Waals surface area contributed by atoms with Crippen LogP contribution in [-0.2, 0) is 14.3 Å². The van der Waals surface area contributed by atoms with Crippen LogP contribution < -0.4 is 5.32 Å². The average Bonchev–Trinajstić information content (AvgIpc) is 3.04. The maximum atomic E-state index is 11.8. The van der Waals surface area contributed by atoms with Crippen LogP contribution in [0.25, 0.3) is 0 Å². The Morgan fingerprint density at radius 1 is 1.35 bits per heavy atom. The monoisotopic (exact) mass is 233 g/mol. The summed E-state index contributed by atoms with van der Waals surface area (Å²) in [5.74, 6) is -0.574. The van der Waals surface area contributed by atoms with Crippen LogP contribution in [0.5, 0.6) is 0 Å². The quantitative estimate of drug-likeness (QED) is 0.799. The van der Waals surface area contributed by atoms with Crippen molar-refractivity contribution in [3.05, 3.63) is 35.9 Å². The Balaban J connectivity index is 2.23. The maximum Gasteiger partial charge on any atom is 0.332 e. The summed E-state index contributed by atoms with van der Waals surface area (Å²) < 4.78 is 4.78. The number of benzene rings is 1. The molecule has 90 valence electrons. The first-order valence-corrected chi connectivity index (χ1v) is 5.52. The van der Waals surface area contributed by atoms with Crippen molar-refractivity contribution in [3.63, 3.8) is 0 Å². The number of nitrogens with one attached hydrogen (secondary N) is 1. The van der Waals surface area contributed by atoms with Gasteiger partial charge in [-0.1, -0.05) is 30.3 Å². The molecule has 1 amide bonds. The zero-order chi connectivity index (χ0) is 12.5. The molecular weight excluding hydrogens is 218 g/mol. The maximum absolute atomic E-state index is 11.8. The summed E-state index contributed by atoms with van der Waals surface area (Å²) in [4.78, 5) is 23.0. The molecule has 4 nitrogen and oxygen atoms in total. The third-order valence-electron chi connectivity index (χ3n) is 3.11. The highest BCUT2D eigenvalue weighted by Crippen LogP contribution is 2.52. The van der Waals surface area contributed by atoms with E-state index in [1.807, 2.05) is 30.3 Å². The molecule has 0 radical (unpaired) electrons. The minimum atomic E-state index is -0.859. The number of rotatable bonds is 3. The Kier molecular flexibility index (Phi) is 2.88. The summed E-state index contributed by atoms with van der Waals surface area (Å²) in [5.41, 5.74) is 0.189. The zero-order valence-electron chi connectivity index (χ0n) is 9.90. The third-order valence-corrected chi connectivity index (χ3v) is 3.11. The van der Waals surface area contributed by atoms with Crippen LogP contribution >= 0.6 is 0 Å². The van der Waals surface area contributed by atoms with Crippen LogP contribution in [0.3, 0.4) is 0 Å². The van der Waals surface area contributed by atoms with Crippen molar-refractivity contribution in [1.29, 1.82) is 0 Å². The molecule has 17 heavy (non-hydrogen) atoms. The van der Waals surface area contributed by atoms with Crippen molar-refractivity contribution in [2.24, 2.45) is 0 Å². The Hall–Kier alpha value is -1.84. The summed E-state index contributed by atoms with van der Waals surface area (Å²) in [7, 11) is 1.34. The van der Waals surface area contributed by atoms with Crippen LogP contribution in [0, 0.1) is 0 Å². The van der Waals surface area contributed by atoms with Gasteiger partial charge in [0, 0.05) is 12.8 Å². The highest BCUT2D eigenvalue weighted by atomic mass is 16.5. The van der Waals surface area contributed by atoms with Gasteiger partial charge in [-0.05, 0) is 12.0 Å². The fraction of sp³-hybridized carbons (Fsp3) is 0.385. The number of amides is 1. The van der Waals surface area contributed by atoms with E-state index in [1.165, 1.54) is 14.0 Å². The van der Waals surface area contributed by atoms with Gasteiger partial charge in [-0.2, -0.15) is 0 Å². The molecule has 2 rings (SSSR count). The summed E-state index contributed by atoms with van der Waals surface area (Å²) >= 11 is 0. The van der Waals surface area contributed by atoms with Crippen LogP contribution in [0.4, 0.5) is 0 Å². The summed E-state index contributed by atoms with van der Waals surface area (Å²) in [6.07, 6.45) is 0.600. The lowest BCUT2D eigenvalue weighted by Gasteiger charge is -2.15. The van der Waals surface area contributed by atoms with Gasteiger partial charge in [-0.3, -0.25) is 4.79 Å². The van der Waals surface area contributed by atoms with E-state index in [0.29, 0.717) is 6.42 Å². The highest BCUT2D eigenvalue weighted by molar-refractivity contribution is 5.92. The lowest BCUT2D eigenvalue weighted by atomic mass is 10.1. The molecule has 4 heteroatoms. The van der Waals surface area contributed by atoms with Gasteiger partial charge in [0.15, 0.2) is 0 Å². The second kappa shape index (κ2) is 4.20. The van der Waals surface area contributed by atoms with Gasteiger partial charge in [0.1, 0.15) is 5.54 Å². The molecule has 0 unspecified atom stereocenters. The molecule has 1 aromatic carbocycles. The molecule has 0 spiro atoms. The topological polar surface area (TPSA) is 55.4 Å². The van der Waals surface area contributed by atoms with Gasteiger partial charge in [0.2, 0.25) is 5.91 Å². The van der Waals surface area contributed by atoms with E-state index in [0.717, 1.165) is 5.56 Å². The lowest BCUT2D eigenvalue weighted by Crippen LogP contribution is -2.44. The Labute approximate surface area is 100.0 Å². The number of hydrogen-bond donors (Lipinski definition) is 1. The molecule has 0 heterocycles. The number of carbonyl (C=O) groups is 2. The second-order valence-corrected chi connectivity index (χ2v) is 4.31. The van der Waals surface area contributed by atoms with E-state index < -0.39 is 5.54 Å². The SMILES string of the molecule is COC(=O)[C@@]1(NC(C)=O)C[C@H]1c1ccccc1. The zero-order valence-corrected chi connectivity index (χ0v) is 9.90. The first-order chi connectivity index (χ1) is 8.10. The number of esters is 1. The minimum absolute atomic E-state index is 0.0139. The number of hydrogen-bond acceptors (Lipinski definition) is 3. The molecule has 1 aliphatic carbocycles. The van der Waals surface area contributed by atoms with Gasteiger partial charge < -0.3 is 10.1 Å². The fourth-order valence-corrected chi connectivity index (χ4v) is 2.26. The largest absolute Gasteiger partial charge is 0.467 e. The molecule has 0 aromatic heterocycles. The average molecular weight is 233 g/mol. The van der Waals surface area contributed by atoms with E-state index in [4.69, 9.17) is 4.74 Å². The fourth-order valence-electron chi connectivity index (χ4n) is 2.26. The van der Waals surface area contributed by atoms with Gasteiger partial charge >= 0.3 is 5.97 Å². The molecular formula is C13H15NO3.